The molecule has 0 saturated carbocycles. The van der Waals surface area contributed by atoms with Gasteiger partial charge in [-0.1, -0.05) is 65.8 Å². The first kappa shape index (κ1) is 12.0. The van der Waals surface area contributed by atoms with Crippen molar-refractivity contribution < 1.29 is 4.84 Å². The van der Waals surface area contributed by atoms with Gasteiger partial charge in [-0.15, -0.1) is 0 Å². The highest BCUT2D eigenvalue weighted by atomic mass is 16.7. The molecule has 0 amide bonds. The maximum Gasteiger partial charge on any atom is 0.160 e. The summed E-state index contributed by atoms with van der Waals surface area (Å²) >= 11 is 0. The Bertz CT molecular complexity index is 577. The van der Waals surface area contributed by atoms with Crippen molar-refractivity contribution in [2.75, 3.05) is 0 Å². The molecule has 0 bridgehead atoms. The van der Waals surface area contributed by atoms with Crippen LogP contribution in [0, 0.1) is 0 Å². The molecule has 0 radical (unpaired) electrons. The maximum atomic E-state index is 5.81. The molecule has 0 aliphatic carbocycles. The first-order valence-electron chi connectivity index (χ1n) is 6.64. The minimum atomic E-state index is -0.306. The highest BCUT2D eigenvalue weighted by molar-refractivity contribution is 6.00. The average molecular weight is 251 g/mol. The SMILES string of the molecule is CC1(c2ccccc2)CCC(c2ccccc2)=NO1. The molecule has 1 atom stereocenters. The lowest BCUT2D eigenvalue weighted by Gasteiger charge is -2.31. The van der Waals surface area contributed by atoms with Crippen LogP contribution < -0.4 is 0 Å². The molecule has 0 spiro atoms. The first-order chi connectivity index (χ1) is 9.28. The summed E-state index contributed by atoms with van der Waals surface area (Å²) in [5, 5.41) is 4.35. The maximum absolute atomic E-state index is 5.81. The van der Waals surface area contributed by atoms with Gasteiger partial charge in [0.2, 0.25) is 0 Å². The Kier molecular flexibility index (Phi) is 3.08. The molecule has 0 saturated heterocycles. The Hall–Kier alpha value is -2.09. The smallest absolute Gasteiger partial charge is 0.160 e. The third-order valence-corrected chi connectivity index (χ3v) is 3.69. The zero-order chi connectivity index (χ0) is 13.1. The van der Waals surface area contributed by atoms with E-state index in [2.05, 4.69) is 36.3 Å². The van der Waals surface area contributed by atoms with Gasteiger partial charge in [0.1, 0.15) is 0 Å². The minimum Gasteiger partial charge on any atom is -0.384 e. The van der Waals surface area contributed by atoms with Gasteiger partial charge in [0.05, 0.1) is 5.71 Å². The van der Waals surface area contributed by atoms with Gasteiger partial charge >= 0.3 is 0 Å². The zero-order valence-electron chi connectivity index (χ0n) is 11.0. The second-order valence-corrected chi connectivity index (χ2v) is 5.09. The topological polar surface area (TPSA) is 21.6 Å². The van der Waals surface area contributed by atoms with Gasteiger partial charge in [0.15, 0.2) is 5.60 Å². The largest absolute Gasteiger partial charge is 0.384 e. The third-order valence-electron chi connectivity index (χ3n) is 3.69. The number of nitrogens with zero attached hydrogens (tertiary/aromatic N) is 1. The molecule has 1 unspecified atom stereocenters. The highest BCUT2D eigenvalue weighted by Crippen LogP contribution is 2.34. The van der Waals surface area contributed by atoms with Crippen LogP contribution in [0.15, 0.2) is 65.8 Å². The number of hydrogen-bond donors (Lipinski definition) is 0. The van der Waals surface area contributed by atoms with E-state index in [1.54, 1.807) is 0 Å². The molecule has 0 N–H and O–H groups in total. The van der Waals surface area contributed by atoms with E-state index in [1.165, 1.54) is 5.56 Å². The van der Waals surface area contributed by atoms with Crippen LogP contribution >= 0.6 is 0 Å². The van der Waals surface area contributed by atoms with E-state index in [9.17, 15) is 0 Å². The van der Waals surface area contributed by atoms with E-state index in [-0.39, 0.29) is 5.60 Å². The van der Waals surface area contributed by atoms with Crippen molar-refractivity contribution in [2.24, 2.45) is 5.16 Å². The fourth-order valence-corrected chi connectivity index (χ4v) is 2.42. The lowest BCUT2D eigenvalue weighted by molar-refractivity contribution is -0.0481. The fraction of sp³-hybridized carbons (Fsp3) is 0.235. The molecule has 1 aliphatic heterocycles. The Balaban J connectivity index is 1.84. The van der Waals surface area contributed by atoms with Crippen LogP contribution in [0.1, 0.15) is 30.9 Å². The minimum absolute atomic E-state index is 0.306. The Morgan fingerprint density at radius 3 is 2.16 bits per heavy atom. The summed E-state index contributed by atoms with van der Waals surface area (Å²) in [7, 11) is 0. The monoisotopic (exact) mass is 251 g/mol. The van der Waals surface area contributed by atoms with Crippen molar-refractivity contribution >= 4 is 5.71 Å². The average Bonchev–Trinajstić information content (AvgIpc) is 2.50. The molecule has 3 rings (SSSR count). The quantitative estimate of drug-likeness (QED) is 0.787. The third kappa shape index (κ3) is 2.39. The van der Waals surface area contributed by atoms with Crippen molar-refractivity contribution in [2.45, 2.75) is 25.4 Å². The van der Waals surface area contributed by atoms with Crippen LogP contribution in [0.5, 0.6) is 0 Å². The summed E-state index contributed by atoms with van der Waals surface area (Å²) in [4.78, 5) is 5.81. The van der Waals surface area contributed by atoms with E-state index >= 15 is 0 Å². The van der Waals surface area contributed by atoms with E-state index in [1.807, 2.05) is 36.4 Å². The second kappa shape index (κ2) is 4.88. The molecule has 96 valence electrons. The molecular formula is C17H17NO. The van der Waals surface area contributed by atoms with Gasteiger partial charge in [-0.25, -0.2) is 0 Å². The fourth-order valence-electron chi connectivity index (χ4n) is 2.42. The molecule has 19 heavy (non-hydrogen) atoms. The van der Waals surface area contributed by atoms with Gasteiger partial charge < -0.3 is 4.84 Å². The molecule has 0 aromatic heterocycles. The van der Waals surface area contributed by atoms with Crippen LogP contribution in [-0.2, 0) is 10.4 Å². The summed E-state index contributed by atoms with van der Waals surface area (Å²) in [6.07, 6.45) is 1.89. The van der Waals surface area contributed by atoms with Crippen LogP contribution in [0.25, 0.3) is 0 Å². The molecule has 2 nitrogen and oxygen atoms in total. The van der Waals surface area contributed by atoms with Gasteiger partial charge in [-0.3, -0.25) is 0 Å². The number of oxime groups is 1. The normalized spacial score (nSPS) is 22.5. The van der Waals surface area contributed by atoms with Crippen molar-refractivity contribution in [3.8, 4) is 0 Å². The van der Waals surface area contributed by atoms with E-state index in [4.69, 9.17) is 4.84 Å². The van der Waals surface area contributed by atoms with Crippen LogP contribution in [0.2, 0.25) is 0 Å². The van der Waals surface area contributed by atoms with E-state index < -0.39 is 0 Å². The van der Waals surface area contributed by atoms with Crippen molar-refractivity contribution in [3.63, 3.8) is 0 Å². The molecule has 2 aromatic carbocycles. The Labute approximate surface area is 113 Å². The van der Waals surface area contributed by atoms with Gasteiger partial charge in [-0.2, -0.15) is 0 Å². The van der Waals surface area contributed by atoms with Crippen LogP contribution in [0.4, 0.5) is 0 Å². The Morgan fingerprint density at radius 2 is 1.58 bits per heavy atom. The summed E-state index contributed by atoms with van der Waals surface area (Å²) in [5.41, 5.74) is 3.07. The lowest BCUT2D eigenvalue weighted by Crippen LogP contribution is -2.29. The summed E-state index contributed by atoms with van der Waals surface area (Å²) < 4.78 is 0. The van der Waals surface area contributed by atoms with Crippen molar-refractivity contribution in [1.29, 1.82) is 0 Å². The van der Waals surface area contributed by atoms with Gasteiger partial charge in [-0.05, 0) is 30.9 Å². The lowest BCUT2D eigenvalue weighted by atomic mass is 9.88. The summed E-state index contributed by atoms with van der Waals surface area (Å²) in [6.45, 7) is 2.10. The van der Waals surface area contributed by atoms with Crippen molar-refractivity contribution in [3.05, 3.63) is 71.8 Å². The Morgan fingerprint density at radius 1 is 0.947 bits per heavy atom. The van der Waals surface area contributed by atoms with Gasteiger partial charge in [0.25, 0.3) is 0 Å². The molecular weight excluding hydrogens is 234 g/mol. The van der Waals surface area contributed by atoms with Crippen molar-refractivity contribution in [1.82, 2.24) is 0 Å². The number of hydrogen-bond acceptors (Lipinski definition) is 2. The predicted molar refractivity (Wildman–Crippen MR) is 77.1 cm³/mol. The number of rotatable bonds is 2. The molecule has 2 heteroatoms. The molecule has 1 aliphatic rings. The standard InChI is InChI=1S/C17H17NO/c1-17(15-10-6-3-7-11-15)13-12-16(18-19-17)14-8-4-2-5-9-14/h2-11H,12-13H2,1H3. The van der Waals surface area contributed by atoms with Crippen LogP contribution in [0.3, 0.4) is 0 Å². The van der Waals surface area contributed by atoms with E-state index in [0.29, 0.717) is 0 Å². The molecule has 0 fully saturated rings. The van der Waals surface area contributed by atoms with E-state index in [0.717, 1.165) is 24.1 Å². The molecule has 2 aromatic rings. The molecule has 1 heterocycles. The van der Waals surface area contributed by atoms with Gasteiger partial charge in [0, 0.05) is 0 Å². The zero-order valence-corrected chi connectivity index (χ0v) is 11.0. The number of benzene rings is 2. The highest BCUT2D eigenvalue weighted by Gasteiger charge is 2.32. The summed E-state index contributed by atoms with van der Waals surface area (Å²) in [5.74, 6) is 0. The second-order valence-electron chi connectivity index (χ2n) is 5.09. The first-order valence-corrected chi connectivity index (χ1v) is 6.64. The predicted octanol–water partition coefficient (Wildman–Crippen LogP) is 4.12. The summed E-state index contributed by atoms with van der Waals surface area (Å²) in [6, 6.07) is 20.5. The van der Waals surface area contributed by atoms with Crippen LogP contribution in [-0.4, -0.2) is 5.71 Å².